The maximum Gasteiger partial charge on any atom is 0.149 e. The summed E-state index contributed by atoms with van der Waals surface area (Å²) in [5, 5.41) is 3.41. The van der Waals surface area contributed by atoms with Crippen molar-refractivity contribution in [1.29, 1.82) is 0 Å². The van der Waals surface area contributed by atoms with E-state index in [1.807, 2.05) is 14.0 Å². The van der Waals surface area contributed by atoms with Crippen molar-refractivity contribution in [3.05, 3.63) is 0 Å². The summed E-state index contributed by atoms with van der Waals surface area (Å²) in [6, 6.07) is -0.000336. The molecule has 0 saturated heterocycles. The van der Waals surface area contributed by atoms with E-state index in [0.29, 0.717) is 12.2 Å². The molecule has 1 atom stereocenters. The fourth-order valence-electron chi connectivity index (χ4n) is 1.73. The lowest BCUT2D eigenvalue weighted by Crippen LogP contribution is -2.47. The van der Waals surface area contributed by atoms with Gasteiger partial charge in [0.15, 0.2) is 0 Å². The van der Waals surface area contributed by atoms with Gasteiger partial charge in [-0.15, -0.1) is 0 Å². The maximum absolute atomic E-state index is 12.1. The van der Waals surface area contributed by atoms with Gasteiger partial charge in [0.05, 0.1) is 6.04 Å². The predicted octanol–water partition coefficient (Wildman–Crippen LogP) is 2.84. The van der Waals surface area contributed by atoms with Crippen LogP contribution in [0.5, 0.6) is 0 Å². The molecule has 108 valence electrons. The maximum atomic E-state index is 12.1. The summed E-state index contributed by atoms with van der Waals surface area (Å²) in [5.74, 6) is 0.336. The van der Waals surface area contributed by atoms with Gasteiger partial charge in [0, 0.05) is 17.5 Å². The Labute approximate surface area is 113 Å². The molecule has 0 aliphatic heterocycles. The van der Waals surface area contributed by atoms with Gasteiger partial charge in [-0.2, -0.15) is 0 Å². The number of likely N-dealkylation sites (N-methyl/N-ethyl adjacent to an activating group) is 1. The number of Topliss-reactive ketones (excluding diaryl/α,β-unsaturated/α-hetero) is 1. The first kappa shape index (κ1) is 17.6. The summed E-state index contributed by atoms with van der Waals surface area (Å²) in [6.07, 6.45) is 1.57. The van der Waals surface area contributed by atoms with E-state index in [1.54, 1.807) is 0 Å². The second-order valence-corrected chi connectivity index (χ2v) is 7.20. The Balaban J connectivity index is 4.04. The van der Waals surface area contributed by atoms with Crippen LogP contribution in [0.3, 0.4) is 0 Å². The Morgan fingerprint density at radius 2 is 1.67 bits per heavy atom. The van der Waals surface area contributed by atoms with Crippen LogP contribution in [0.4, 0.5) is 0 Å². The molecule has 0 heterocycles. The Morgan fingerprint density at radius 1 is 1.17 bits per heavy atom. The molecule has 0 radical (unpaired) electrons. The third-order valence-corrected chi connectivity index (χ3v) is 3.36. The minimum Gasteiger partial charge on any atom is -0.312 e. The van der Waals surface area contributed by atoms with Crippen molar-refractivity contribution in [3.8, 4) is 0 Å². The van der Waals surface area contributed by atoms with Gasteiger partial charge in [-0.3, -0.25) is 9.69 Å². The van der Waals surface area contributed by atoms with Gasteiger partial charge < -0.3 is 5.32 Å². The minimum atomic E-state index is -0.000336. The van der Waals surface area contributed by atoms with Crippen LogP contribution in [0, 0.1) is 0 Å². The normalized spacial score (nSPS) is 14.9. The number of hydrogen-bond donors (Lipinski definition) is 1. The van der Waals surface area contributed by atoms with E-state index in [4.69, 9.17) is 0 Å². The van der Waals surface area contributed by atoms with E-state index in [9.17, 15) is 4.79 Å². The molecule has 0 rings (SSSR count). The monoisotopic (exact) mass is 256 g/mol. The molecular formula is C15H32N2O. The van der Waals surface area contributed by atoms with Crippen LogP contribution < -0.4 is 5.32 Å². The second-order valence-electron chi connectivity index (χ2n) is 7.20. The largest absolute Gasteiger partial charge is 0.312 e. The van der Waals surface area contributed by atoms with Crippen LogP contribution in [0.1, 0.15) is 61.3 Å². The van der Waals surface area contributed by atoms with E-state index >= 15 is 0 Å². The van der Waals surface area contributed by atoms with Gasteiger partial charge in [-0.1, -0.05) is 0 Å². The van der Waals surface area contributed by atoms with Crippen molar-refractivity contribution in [2.75, 3.05) is 13.6 Å². The highest BCUT2D eigenvalue weighted by molar-refractivity contribution is 5.83. The number of carbonyl (C=O) groups excluding carboxylic acids is 1. The molecule has 0 aromatic heterocycles. The molecule has 0 amide bonds. The third-order valence-electron chi connectivity index (χ3n) is 3.36. The summed E-state index contributed by atoms with van der Waals surface area (Å²) < 4.78 is 0. The van der Waals surface area contributed by atoms with E-state index in [0.717, 1.165) is 13.0 Å². The SMILES string of the molecule is C[C@H](C(=O)CCCNC(C)(C)C)N(C)C(C)(C)C. The number of nitrogens with one attached hydrogen (secondary N) is 1. The van der Waals surface area contributed by atoms with Gasteiger partial charge in [0.2, 0.25) is 0 Å². The first-order valence-electron chi connectivity index (χ1n) is 6.96. The van der Waals surface area contributed by atoms with Gasteiger partial charge in [-0.05, 0) is 68.5 Å². The standard InChI is InChI=1S/C15H32N2O/c1-12(17(8)15(5,6)7)13(18)10-9-11-16-14(2,3)4/h12,16H,9-11H2,1-8H3/t12-/m1/s1. The highest BCUT2D eigenvalue weighted by Crippen LogP contribution is 2.15. The minimum absolute atomic E-state index is 0.000336. The Kier molecular flexibility index (Phi) is 6.52. The molecule has 0 aromatic carbocycles. The van der Waals surface area contributed by atoms with Crippen molar-refractivity contribution < 1.29 is 4.79 Å². The summed E-state index contributed by atoms with van der Waals surface area (Å²) >= 11 is 0. The molecule has 0 aromatic rings. The van der Waals surface area contributed by atoms with E-state index in [-0.39, 0.29) is 17.1 Å². The molecule has 0 aliphatic carbocycles. The van der Waals surface area contributed by atoms with Crippen molar-refractivity contribution in [1.82, 2.24) is 10.2 Å². The predicted molar refractivity (Wildman–Crippen MR) is 79.0 cm³/mol. The summed E-state index contributed by atoms with van der Waals surface area (Å²) in [7, 11) is 2.02. The molecule has 0 bridgehead atoms. The average Bonchev–Trinajstić information content (AvgIpc) is 2.19. The van der Waals surface area contributed by atoms with Gasteiger partial charge in [0.25, 0.3) is 0 Å². The molecular weight excluding hydrogens is 224 g/mol. The number of rotatable bonds is 6. The highest BCUT2D eigenvalue weighted by atomic mass is 16.1. The van der Waals surface area contributed by atoms with Crippen molar-refractivity contribution >= 4 is 5.78 Å². The third kappa shape index (κ3) is 7.12. The van der Waals surface area contributed by atoms with Crippen LogP contribution in [0.2, 0.25) is 0 Å². The van der Waals surface area contributed by atoms with Crippen molar-refractivity contribution in [2.24, 2.45) is 0 Å². The van der Waals surface area contributed by atoms with E-state index < -0.39 is 0 Å². The quantitative estimate of drug-likeness (QED) is 0.742. The van der Waals surface area contributed by atoms with Crippen LogP contribution in [0.15, 0.2) is 0 Å². The molecule has 0 unspecified atom stereocenters. The molecule has 0 spiro atoms. The van der Waals surface area contributed by atoms with Gasteiger partial charge >= 0.3 is 0 Å². The number of carbonyl (C=O) groups is 1. The average molecular weight is 256 g/mol. The molecule has 3 heteroatoms. The summed E-state index contributed by atoms with van der Waals surface area (Å²) in [5.41, 5.74) is 0.176. The zero-order valence-corrected chi connectivity index (χ0v) is 13.6. The topological polar surface area (TPSA) is 32.3 Å². The van der Waals surface area contributed by atoms with Crippen molar-refractivity contribution in [2.45, 2.75) is 78.4 Å². The molecule has 0 fully saturated rings. The lowest BCUT2D eigenvalue weighted by atomic mass is 10.0. The summed E-state index contributed by atoms with van der Waals surface area (Å²) in [6.45, 7) is 15.8. The van der Waals surface area contributed by atoms with Crippen LogP contribution >= 0.6 is 0 Å². The first-order valence-corrected chi connectivity index (χ1v) is 6.96. The highest BCUT2D eigenvalue weighted by Gasteiger charge is 2.26. The molecule has 0 aliphatic rings. The summed E-state index contributed by atoms with van der Waals surface area (Å²) in [4.78, 5) is 14.2. The Hall–Kier alpha value is -0.410. The van der Waals surface area contributed by atoms with E-state index in [2.05, 4.69) is 51.8 Å². The fraction of sp³-hybridized carbons (Fsp3) is 0.933. The molecule has 3 nitrogen and oxygen atoms in total. The smallest absolute Gasteiger partial charge is 0.149 e. The fourth-order valence-corrected chi connectivity index (χ4v) is 1.73. The van der Waals surface area contributed by atoms with Crippen LogP contribution in [0.25, 0.3) is 0 Å². The zero-order chi connectivity index (χ0) is 14.6. The van der Waals surface area contributed by atoms with Gasteiger partial charge in [0.1, 0.15) is 5.78 Å². The number of nitrogens with zero attached hydrogens (tertiary/aromatic N) is 1. The Morgan fingerprint density at radius 3 is 2.06 bits per heavy atom. The Bertz CT molecular complexity index is 261. The molecule has 1 N–H and O–H groups in total. The first-order chi connectivity index (χ1) is 7.95. The van der Waals surface area contributed by atoms with E-state index in [1.165, 1.54) is 0 Å². The lowest BCUT2D eigenvalue weighted by molar-refractivity contribution is -0.125. The van der Waals surface area contributed by atoms with Crippen molar-refractivity contribution in [3.63, 3.8) is 0 Å². The zero-order valence-electron chi connectivity index (χ0n) is 13.6. The van der Waals surface area contributed by atoms with Crippen LogP contribution in [-0.2, 0) is 4.79 Å². The number of ketones is 1. The molecule has 0 saturated carbocycles. The van der Waals surface area contributed by atoms with Gasteiger partial charge in [-0.25, -0.2) is 0 Å². The second kappa shape index (κ2) is 6.67. The lowest BCUT2D eigenvalue weighted by Gasteiger charge is -2.36. The molecule has 18 heavy (non-hydrogen) atoms. The number of hydrogen-bond acceptors (Lipinski definition) is 3. The van der Waals surface area contributed by atoms with Crippen LogP contribution in [-0.4, -0.2) is 41.4 Å².